The number of hydrogen-bond donors (Lipinski definition) is 0. The molecule has 1 saturated heterocycles. The van der Waals surface area contributed by atoms with Gasteiger partial charge in [0.25, 0.3) is 0 Å². The van der Waals surface area contributed by atoms with Crippen LogP contribution in [0.4, 0.5) is 0 Å². The summed E-state index contributed by atoms with van der Waals surface area (Å²) in [4.78, 5) is 15.8. The van der Waals surface area contributed by atoms with E-state index < -0.39 is 0 Å². The van der Waals surface area contributed by atoms with Crippen LogP contribution in [0.2, 0.25) is 0 Å². The van der Waals surface area contributed by atoms with E-state index in [0.717, 1.165) is 19.6 Å². The molecule has 3 nitrogen and oxygen atoms in total. The van der Waals surface area contributed by atoms with Crippen LogP contribution < -0.4 is 0 Å². The molecule has 76 valence electrons. The lowest BCUT2D eigenvalue weighted by atomic mass is 10.1. The van der Waals surface area contributed by atoms with Gasteiger partial charge in [0.1, 0.15) is 5.78 Å². The summed E-state index contributed by atoms with van der Waals surface area (Å²) in [5.74, 6) is 0.275. The van der Waals surface area contributed by atoms with Crippen molar-refractivity contribution in [1.82, 2.24) is 9.80 Å². The van der Waals surface area contributed by atoms with Crippen LogP contribution >= 0.6 is 0 Å². The van der Waals surface area contributed by atoms with Crippen LogP contribution in [-0.2, 0) is 4.79 Å². The topological polar surface area (TPSA) is 23.6 Å². The Labute approximate surface area is 80.7 Å². The quantitative estimate of drug-likeness (QED) is 0.628. The molecule has 0 spiro atoms. The summed E-state index contributed by atoms with van der Waals surface area (Å²) in [6.45, 7) is 8.98. The average molecular weight is 184 g/mol. The van der Waals surface area contributed by atoms with E-state index in [0.29, 0.717) is 6.04 Å². The molecular weight excluding hydrogens is 164 g/mol. The maximum absolute atomic E-state index is 11.2. The van der Waals surface area contributed by atoms with Gasteiger partial charge in [0.15, 0.2) is 0 Å². The highest BCUT2D eigenvalue weighted by atomic mass is 16.1. The molecule has 1 aliphatic heterocycles. The summed E-state index contributed by atoms with van der Waals surface area (Å²) in [6.07, 6.45) is 0. The molecule has 13 heavy (non-hydrogen) atoms. The molecule has 0 aliphatic carbocycles. The number of likely N-dealkylation sites (N-methyl/N-ethyl adjacent to an activating group) is 1. The van der Waals surface area contributed by atoms with Crippen molar-refractivity contribution in [3.63, 3.8) is 0 Å². The number of carbonyl (C=O) groups is 1. The van der Waals surface area contributed by atoms with Gasteiger partial charge in [-0.15, -0.1) is 0 Å². The fraction of sp³-hybridized carbons (Fsp3) is 0.900. The second kappa shape index (κ2) is 4.20. The zero-order valence-electron chi connectivity index (χ0n) is 9.08. The molecule has 0 N–H and O–H groups in total. The summed E-state index contributed by atoms with van der Waals surface area (Å²) >= 11 is 0. The van der Waals surface area contributed by atoms with Gasteiger partial charge in [-0.2, -0.15) is 0 Å². The van der Waals surface area contributed by atoms with Crippen LogP contribution in [0.3, 0.4) is 0 Å². The second-order valence-corrected chi connectivity index (χ2v) is 4.11. The molecule has 0 aromatic rings. The first-order valence-electron chi connectivity index (χ1n) is 4.97. The van der Waals surface area contributed by atoms with Crippen molar-refractivity contribution in [2.24, 2.45) is 0 Å². The summed E-state index contributed by atoms with van der Waals surface area (Å²) in [7, 11) is 2.14. The van der Waals surface area contributed by atoms with E-state index in [9.17, 15) is 4.79 Å². The average Bonchev–Trinajstić information content (AvgIpc) is 2.08. The van der Waals surface area contributed by atoms with Gasteiger partial charge in [-0.1, -0.05) is 0 Å². The lowest BCUT2D eigenvalue weighted by molar-refractivity contribution is -0.122. The molecular formula is C10H20N2O. The maximum Gasteiger partial charge on any atom is 0.146 e. The lowest BCUT2D eigenvalue weighted by Crippen LogP contribution is -2.54. The number of Topliss-reactive ketones (excluding diaryl/α,β-unsaturated/α-hetero) is 1. The zero-order valence-corrected chi connectivity index (χ0v) is 9.08. The van der Waals surface area contributed by atoms with Gasteiger partial charge in [-0.25, -0.2) is 0 Å². The molecule has 0 aromatic heterocycles. The predicted molar refractivity (Wildman–Crippen MR) is 53.8 cm³/mol. The largest absolute Gasteiger partial charge is 0.301 e. The number of carbonyl (C=O) groups excluding carboxylic acids is 1. The molecule has 1 heterocycles. The molecule has 1 rings (SSSR count). The monoisotopic (exact) mass is 184 g/mol. The Morgan fingerprint density at radius 3 is 2.54 bits per heavy atom. The third-order valence-electron chi connectivity index (χ3n) is 3.13. The van der Waals surface area contributed by atoms with E-state index >= 15 is 0 Å². The smallest absolute Gasteiger partial charge is 0.146 e. The maximum atomic E-state index is 11.2. The summed E-state index contributed by atoms with van der Waals surface area (Å²) in [5, 5.41) is 0. The molecule has 0 radical (unpaired) electrons. The number of rotatable bonds is 2. The second-order valence-electron chi connectivity index (χ2n) is 4.11. The number of hydrogen-bond acceptors (Lipinski definition) is 3. The van der Waals surface area contributed by atoms with Gasteiger partial charge >= 0.3 is 0 Å². The van der Waals surface area contributed by atoms with Gasteiger partial charge in [-0.05, 0) is 27.8 Å². The molecule has 0 amide bonds. The van der Waals surface area contributed by atoms with E-state index in [4.69, 9.17) is 0 Å². The van der Waals surface area contributed by atoms with Gasteiger partial charge < -0.3 is 4.90 Å². The van der Waals surface area contributed by atoms with Crippen molar-refractivity contribution in [2.45, 2.75) is 32.9 Å². The molecule has 2 atom stereocenters. The molecule has 0 bridgehead atoms. The lowest BCUT2D eigenvalue weighted by Gasteiger charge is -2.39. The predicted octanol–water partition coefficient (Wildman–Crippen LogP) is 0.600. The fourth-order valence-electron chi connectivity index (χ4n) is 1.69. The fourth-order valence-corrected chi connectivity index (χ4v) is 1.69. The standard InChI is InChI=1S/C10H20N2O/c1-8-7-12(6-5-11(8)4)9(2)10(3)13/h8-9H,5-7H2,1-4H3. The van der Waals surface area contributed by atoms with E-state index in [-0.39, 0.29) is 11.8 Å². The van der Waals surface area contributed by atoms with Gasteiger partial charge in [0.05, 0.1) is 6.04 Å². The minimum Gasteiger partial charge on any atom is -0.301 e. The van der Waals surface area contributed by atoms with Crippen molar-refractivity contribution in [3.8, 4) is 0 Å². The summed E-state index contributed by atoms with van der Waals surface area (Å²) in [5.41, 5.74) is 0. The number of piperazine rings is 1. The minimum atomic E-state index is 0.0937. The van der Waals surface area contributed by atoms with Crippen LogP contribution in [0.25, 0.3) is 0 Å². The Bertz CT molecular complexity index is 193. The van der Waals surface area contributed by atoms with Gasteiger partial charge in [-0.3, -0.25) is 9.69 Å². The Kier molecular flexibility index (Phi) is 3.45. The SMILES string of the molecule is CC(=O)C(C)N1CCN(C)C(C)C1. The highest BCUT2D eigenvalue weighted by Crippen LogP contribution is 2.10. The van der Waals surface area contributed by atoms with Crippen LogP contribution in [0.15, 0.2) is 0 Å². The summed E-state index contributed by atoms with van der Waals surface area (Å²) in [6, 6.07) is 0.659. The Morgan fingerprint density at radius 1 is 1.46 bits per heavy atom. The molecule has 3 heteroatoms. The van der Waals surface area contributed by atoms with Gasteiger partial charge in [0.2, 0.25) is 0 Å². The highest BCUT2D eigenvalue weighted by molar-refractivity contribution is 5.80. The number of ketones is 1. The first kappa shape index (κ1) is 10.7. The third-order valence-corrected chi connectivity index (χ3v) is 3.13. The molecule has 1 aliphatic rings. The molecule has 2 unspecified atom stereocenters. The van der Waals surface area contributed by atoms with E-state index in [2.05, 4.69) is 23.8 Å². The zero-order chi connectivity index (χ0) is 10.0. The Hall–Kier alpha value is -0.410. The normalized spacial score (nSPS) is 28.8. The van der Waals surface area contributed by atoms with Crippen molar-refractivity contribution in [3.05, 3.63) is 0 Å². The van der Waals surface area contributed by atoms with Gasteiger partial charge in [0, 0.05) is 25.7 Å². The van der Waals surface area contributed by atoms with Crippen molar-refractivity contribution in [2.75, 3.05) is 26.7 Å². The van der Waals surface area contributed by atoms with E-state index in [1.807, 2.05) is 6.92 Å². The van der Waals surface area contributed by atoms with Crippen molar-refractivity contribution >= 4 is 5.78 Å². The first-order valence-corrected chi connectivity index (χ1v) is 4.97. The van der Waals surface area contributed by atoms with Crippen LogP contribution in [-0.4, -0.2) is 54.3 Å². The van der Waals surface area contributed by atoms with E-state index in [1.54, 1.807) is 6.92 Å². The first-order chi connectivity index (χ1) is 6.02. The molecule has 1 fully saturated rings. The minimum absolute atomic E-state index is 0.0937. The molecule has 0 aromatic carbocycles. The van der Waals surface area contributed by atoms with Crippen LogP contribution in [0.5, 0.6) is 0 Å². The Balaban J connectivity index is 2.50. The third kappa shape index (κ3) is 2.51. The molecule has 0 saturated carbocycles. The van der Waals surface area contributed by atoms with Crippen LogP contribution in [0.1, 0.15) is 20.8 Å². The van der Waals surface area contributed by atoms with Crippen LogP contribution in [0, 0.1) is 0 Å². The highest BCUT2D eigenvalue weighted by Gasteiger charge is 2.25. The Morgan fingerprint density at radius 2 is 2.08 bits per heavy atom. The van der Waals surface area contributed by atoms with Crippen molar-refractivity contribution < 1.29 is 4.79 Å². The summed E-state index contributed by atoms with van der Waals surface area (Å²) < 4.78 is 0. The van der Waals surface area contributed by atoms with E-state index in [1.165, 1.54) is 0 Å². The van der Waals surface area contributed by atoms with Crippen molar-refractivity contribution in [1.29, 1.82) is 0 Å². The number of nitrogens with zero attached hydrogens (tertiary/aromatic N) is 2.